The van der Waals surface area contributed by atoms with Crippen molar-refractivity contribution in [1.82, 2.24) is 10.3 Å². The minimum absolute atomic E-state index is 0.0878. The fourth-order valence-electron chi connectivity index (χ4n) is 4.74. The third-order valence-electron chi connectivity index (χ3n) is 6.25. The van der Waals surface area contributed by atoms with E-state index >= 15 is 0 Å². The third-order valence-corrected chi connectivity index (χ3v) is 6.25. The Morgan fingerprint density at radius 3 is 2.60 bits per heavy atom. The Balaban J connectivity index is 1.39. The number of carbonyl (C=O) groups is 1. The summed E-state index contributed by atoms with van der Waals surface area (Å²) < 4.78 is 0. The minimum Gasteiger partial charge on any atom is -0.368 e. The van der Waals surface area contributed by atoms with Crippen molar-refractivity contribution >= 4 is 17.3 Å². The van der Waals surface area contributed by atoms with Crippen LogP contribution < -0.4 is 15.1 Å². The lowest BCUT2D eigenvalue weighted by atomic mass is 9.83. The molecule has 0 radical (unpaired) electrons. The van der Waals surface area contributed by atoms with Gasteiger partial charge in [0.2, 0.25) is 5.91 Å². The molecule has 2 atom stereocenters. The van der Waals surface area contributed by atoms with Gasteiger partial charge in [0, 0.05) is 37.2 Å². The van der Waals surface area contributed by atoms with Crippen LogP contribution in [-0.2, 0) is 17.8 Å². The molecule has 3 aromatic rings. The van der Waals surface area contributed by atoms with Crippen molar-refractivity contribution in [2.75, 3.05) is 29.4 Å². The number of nitrogens with zero attached hydrogens (tertiary/aromatic N) is 3. The van der Waals surface area contributed by atoms with Crippen molar-refractivity contribution in [1.29, 1.82) is 0 Å². The zero-order valence-corrected chi connectivity index (χ0v) is 16.9. The van der Waals surface area contributed by atoms with Gasteiger partial charge in [0.05, 0.1) is 24.2 Å². The summed E-state index contributed by atoms with van der Waals surface area (Å²) in [5, 5.41) is 3.14. The molecular formula is C25H26N4O. The lowest BCUT2D eigenvalue weighted by molar-refractivity contribution is -0.126. The van der Waals surface area contributed by atoms with Crippen LogP contribution in [0.1, 0.15) is 11.3 Å². The van der Waals surface area contributed by atoms with Crippen molar-refractivity contribution in [3.8, 4) is 0 Å². The van der Waals surface area contributed by atoms with Gasteiger partial charge in [0.15, 0.2) is 0 Å². The third kappa shape index (κ3) is 3.63. The number of carbonyl (C=O) groups excluding carboxylic acids is 1. The summed E-state index contributed by atoms with van der Waals surface area (Å²) in [6.07, 6.45) is 2.53. The van der Waals surface area contributed by atoms with E-state index < -0.39 is 0 Å². The number of nitrogens with one attached hydrogen (secondary N) is 1. The van der Waals surface area contributed by atoms with E-state index in [9.17, 15) is 4.79 Å². The molecule has 2 unspecified atom stereocenters. The molecule has 30 heavy (non-hydrogen) atoms. The molecule has 5 heteroatoms. The van der Waals surface area contributed by atoms with E-state index in [4.69, 9.17) is 0 Å². The Morgan fingerprint density at radius 2 is 1.77 bits per heavy atom. The summed E-state index contributed by atoms with van der Waals surface area (Å²) >= 11 is 0. The maximum absolute atomic E-state index is 13.3. The van der Waals surface area contributed by atoms with Gasteiger partial charge in [0.1, 0.15) is 0 Å². The van der Waals surface area contributed by atoms with Crippen LogP contribution in [-0.4, -0.2) is 36.6 Å². The molecule has 5 rings (SSSR count). The van der Waals surface area contributed by atoms with Gasteiger partial charge in [0.25, 0.3) is 0 Å². The van der Waals surface area contributed by atoms with Crippen molar-refractivity contribution in [2.24, 2.45) is 5.92 Å². The van der Waals surface area contributed by atoms with Crippen LogP contribution in [0.5, 0.6) is 0 Å². The average Bonchev–Trinajstić information content (AvgIpc) is 2.83. The van der Waals surface area contributed by atoms with Crippen molar-refractivity contribution in [2.45, 2.75) is 19.0 Å². The van der Waals surface area contributed by atoms with Crippen molar-refractivity contribution < 1.29 is 4.79 Å². The normalized spacial score (nSPS) is 20.3. The van der Waals surface area contributed by atoms with E-state index in [2.05, 4.69) is 68.6 Å². The van der Waals surface area contributed by atoms with Crippen LogP contribution in [0.2, 0.25) is 0 Å². The summed E-state index contributed by atoms with van der Waals surface area (Å²) in [7, 11) is 0. The van der Waals surface area contributed by atoms with Crippen LogP contribution in [0, 0.1) is 5.92 Å². The second-order valence-electron chi connectivity index (χ2n) is 8.02. The average molecular weight is 399 g/mol. The zero-order valence-electron chi connectivity index (χ0n) is 16.9. The number of rotatable bonds is 4. The summed E-state index contributed by atoms with van der Waals surface area (Å²) in [4.78, 5) is 22.5. The smallest absolute Gasteiger partial charge is 0.225 e. The van der Waals surface area contributed by atoms with Crippen LogP contribution in [0.3, 0.4) is 0 Å². The monoisotopic (exact) mass is 398 g/mol. The van der Waals surface area contributed by atoms with Gasteiger partial charge in [-0.3, -0.25) is 9.78 Å². The van der Waals surface area contributed by atoms with Gasteiger partial charge in [-0.05, 0) is 42.3 Å². The van der Waals surface area contributed by atoms with Gasteiger partial charge in [-0.15, -0.1) is 0 Å². The van der Waals surface area contributed by atoms with Crippen LogP contribution in [0.15, 0.2) is 79.0 Å². The molecule has 1 fully saturated rings. The van der Waals surface area contributed by atoms with Gasteiger partial charge in [-0.2, -0.15) is 0 Å². The molecule has 2 aromatic carbocycles. The molecule has 0 aliphatic carbocycles. The minimum atomic E-state index is -0.0878. The molecule has 0 saturated carbocycles. The number of benzene rings is 2. The second kappa shape index (κ2) is 8.19. The fraction of sp³-hybridized carbons (Fsp3) is 0.280. The predicted octanol–water partition coefficient (Wildman–Crippen LogP) is 3.27. The van der Waals surface area contributed by atoms with Gasteiger partial charge >= 0.3 is 0 Å². The number of amides is 1. The van der Waals surface area contributed by atoms with E-state index in [1.807, 2.05) is 24.3 Å². The summed E-state index contributed by atoms with van der Waals surface area (Å²) in [5.41, 5.74) is 4.65. The van der Waals surface area contributed by atoms with Crippen LogP contribution in [0.4, 0.5) is 11.4 Å². The molecule has 2 aliphatic heterocycles. The molecule has 1 amide bonds. The Kier molecular flexibility index (Phi) is 5.10. The molecule has 2 aliphatic rings. The number of hydrogen-bond acceptors (Lipinski definition) is 4. The van der Waals surface area contributed by atoms with Crippen LogP contribution >= 0.6 is 0 Å². The van der Waals surface area contributed by atoms with Crippen LogP contribution in [0.25, 0.3) is 0 Å². The quantitative estimate of drug-likeness (QED) is 0.733. The summed E-state index contributed by atoms with van der Waals surface area (Å²) in [6, 6.07) is 25.0. The molecular weight excluding hydrogens is 372 g/mol. The first-order valence-electron chi connectivity index (χ1n) is 10.6. The number of aromatic nitrogens is 1. The lowest BCUT2D eigenvalue weighted by Gasteiger charge is -2.49. The lowest BCUT2D eigenvalue weighted by Crippen LogP contribution is -2.61. The van der Waals surface area contributed by atoms with Crippen molar-refractivity contribution in [3.05, 3.63) is 90.3 Å². The summed E-state index contributed by atoms with van der Waals surface area (Å²) in [6.45, 7) is 3.19. The maximum atomic E-state index is 13.3. The van der Waals surface area contributed by atoms with Crippen molar-refractivity contribution in [3.63, 3.8) is 0 Å². The van der Waals surface area contributed by atoms with Gasteiger partial charge in [-0.1, -0.05) is 42.5 Å². The first kappa shape index (κ1) is 18.7. The Morgan fingerprint density at radius 1 is 0.967 bits per heavy atom. The first-order chi connectivity index (χ1) is 14.8. The molecule has 0 spiro atoms. The number of piperazine rings is 1. The fourth-order valence-corrected chi connectivity index (χ4v) is 4.74. The summed E-state index contributed by atoms with van der Waals surface area (Å²) in [5.74, 6) is 0.0233. The van der Waals surface area contributed by atoms with E-state index in [0.29, 0.717) is 6.54 Å². The molecule has 3 heterocycles. The maximum Gasteiger partial charge on any atom is 0.225 e. The highest BCUT2D eigenvalue weighted by Crippen LogP contribution is 2.36. The molecule has 1 aromatic heterocycles. The number of pyridine rings is 1. The SMILES string of the molecule is O=C(NCc1ccccn1)C1Cc2ccccc2N2CCN(c3ccccc3)CC12. The molecule has 5 nitrogen and oxygen atoms in total. The highest BCUT2D eigenvalue weighted by atomic mass is 16.1. The highest BCUT2D eigenvalue weighted by molar-refractivity contribution is 5.82. The molecule has 152 valence electrons. The Bertz CT molecular complexity index is 1010. The van der Waals surface area contributed by atoms with E-state index in [1.54, 1.807) is 6.20 Å². The largest absolute Gasteiger partial charge is 0.368 e. The second-order valence-corrected chi connectivity index (χ2v) is 8.02. The number of para-hydroxylation sites is 2. The van der Waals surface area contributed by atoms with E-state index in [-0.39, 0.29) is 17.9 Å². The highest BCUT2D eigenvalue weighted by Gasteiger charge is 2.41. The standard InChI is InChI=1S/C25H26N4O/c30-25(27-17-20-9-6-7-13-26-20)22-16-19-8-4-5-12-23(19)29-15-14-28(18-24(22)29)21-10-2-1-3-11-21/h1-13,22,24H,14-18H2,(H,27,30). The van der Waals surface area contributed by atoms with Gasteiger partial charge in [-0.25, -0.2) is 0 Å². The van der Waals surface area contributed by atoms with E-state index in [1.165, 1.54) is 16.9 Å². The molecule has 0 bridgehead atoms. The van der Waals surface area contributed by atoms with E-state index in [0.717, 1.165) is 31.7 Å². The molecule has 1 saturated heterocycles. The first-order valence-corrected chi connectivity index (χ1v) is 10.6. The topological polar surface area (TPSA) is 48.5 Å². The Labute approximate surface area is 177 Å². The van der Waals surface area contributed by atoms with Gasteiger partial charge < -0.3 is 15.1 Å². The molecule has 1 N–H and O–H groups in total. The predicted molar refractivity (Wildman–Crippen MR) is 120 cm³/mol. The number of hydrogen-bond donors (Lipinski definition) is 1. The number of fused-ring (bicyclic) bond motifs is 3. The number of anilines is 2. The zero-order chi connectivity index (χ0) is 20.3. The Hall–Kier alpha value is -3.34.